The number of imidazole rings is 1. The third-order valence-corrected chi connectivity index (χ3v) is 6.55. The average Bonchev–Trinajstić information content (AvgIpc) is 3.32. The number of piperazine rings is 1. The van der Waals surface area contributed by atoms with E-state index in [1.54, 1.807) is 4.90 Å². The lowest BCUT2D eigenvalue weighted by atomic mass is 10.1. The molecule has 2 saturated heterocycles. The molecule has 8 nitrogen and oxygen atoms in total. The van der Waals surface area contributed by atoms with E-state index in [1.165, 1.54) is 23.2 Å². The van der Waals surface area contributed by atoms with Gasteiger partial charge in [0.25, 0.3) is 5.91 Å². The van der Waals surface area contributed by atoms with Gasteiger partial charge in [-0.2, -0.15) is 18.3 Å². The molecule has 2 aromatic heterocycles. The number of hydrogen-bond donors (Lipinski definition) is 0. The fourth-order valence-corrected chi connectivity index (χ4v) is 4.60. The van der Waals surface area contributed by atoms with E-state index in [1.807, 2.05) is 4.90 Å². The Morgan fingerprint density at radius 3 is 2.08 bits per heavy atom. The largest absolute Gasteiger partial charge is 0.420 e. The van der Waals surface area contributed by atoms with Crippen molar-refractivity contribution in [2.45, 2.75) is 25.4 Å². The number of rotatable bonds is 2. The van der Waals surface area contributed by atoms with E-state index < -0.39 is 29.1 Å². The molecular formula is C24H24F4N6O2. The van der Waals surface area contributed by atoms with Gasteiger partial charge in [-0.1, -0.05) is 0 Å². The number of alkyl halides is 3. The molecule has 0 atom stereocenters. The molecule has 190 valence electrons. The highest BCUT2D eigenvalue weighted by Crippen LogP contribution is 2.34. The third-order valence-electron chi connectivity index (χ3n) is 6.55. The molecule has 3 aromatic rings. The number of carbonyl (C=O) groups excluding carboxylic acids is 2. The van der Waals surface area contributed by atoms with Crippen LogP contribution in [-0.2, 0) is 6.18 Å². The topological polar surface area (TPSA) is 74.0 Å². The Morgan fingerprint density at radius 1 is 0.833 bits per heavy atom. The molecule has 0 spiro atoms. The van der Waals surface area contributed by atoms with Crippen molar-refractivity contribution in [3.63, 3.8) is 0 Å². The Hall–Kier alpha value is -3.70. The second-order valence-corrected chi connectivity index (χ2v) is 8.95. The minimum absolute atomic E-state index is 0.0314. The Morgan fingerprint density at radius 2 is 1.44 bits per heavy atom. The zero-order valence-corrected chi connectivity index (χ0v) is 19.3. The van der Waals surface area contributed by atoms with Crippen molar-refractivity contribution in [3.8, 4) is 11.3 Å². The first-order valence-electron chi connectivity index (χ1n) is 11.8. The van der Waals surface area contributed by atoms with Gasteiger partial charge in [-0.3, -0.25) is 4.79 Å². The van der Waals surface area contributed by atoms with Gasteiger partial charge >= 0.3 is 12.2 Å². The molecule has 4 heterocycles. The van der Waals surface area contributed by atoms with Crippen molar-refractivity contribution >= 4 is 17.6 Å². The third kappa shape index (κ3) is 4.71. The summed E-state index contributed by atoms with van der Waals surface area (Å²) >= 11 is 0. The van der Waals surface area contributed by atoms with Gasteiger partial charge in [-0.25, -0.2) is 18.7 Å². The van der Waals surface area contributed by atoms with E-state index in [0.717, 1.165) is 55.1 Å². The summed E-state index contributed by atoms with van der Waals surface area (Å²) in [6, 6.07) is 5.73. The highest BCUT2D eigenvalue weighted by Gasteiger charge is 2.36. The van der Waals surface area contributed by atoms with Gasteiger partial charge in [0, 0.05) is 44.8 Å². The molecule has 5 rings (SSSR count). The number of carbonyl (C=O) groups is 2. The molecule has 2 fully saturated rings. The quantitative estimate of drug-likeness (QED) is 0.496. The van der Waals surface area contributed by atoms with Crippen LogP contribution in [-0.4, -0.2) is 80.5 Å². The molecule has 2 aliphatic rings. The monoisotopic (exact) mass is 504 g/mol. The zero-order chi connectivity index (χ0) is 25.4. The average molecular weight is 504 g/mol. The molecule has 12 heteroatoms. The molecule has 0 radical (unpaired) electrons. The molecule has 0 saturated carbocycles. The maximum absolute atomic E-state index is 13.8. The highest BCUT2D eigenvalue weighted by molar-refractivity contribution is 5.93. The molecule has 0 bridgehead atoms. The molecule has 0 unspecified atom stereocenters. The summed E-state index contributed by atoms with van der Waals surface area (Å²) in [5.41, 5.74) is -1.44. The number of nitrogens with zero attached hydrogens (tertiary/aromatic N) is 6. The number of halogens is 4. The number of benzene rings is 1. The summed E-state index contributed by atoms with van der Waals surface area (Å²) in [6.45, 7) is 2.66. The summed E-state index contributed by atoms with van der Waals surface area (Å²) < 4.78 is 55.7. The van der Waals surface area contributed by atoms with Crippen LogP contribution in [0.5, 0.6) is 0 Å². The molecule has 0 aliphatic carbocycles. The Bertz CT molecular complexity index is 1280. The number of aromatic nitrogens is 3. The summed E-state index contributed by atoms with van der Waals surface area (Å²) in [6.07, 6.45) is -0.499. The van der Waals surface area contributed by atoms with Crippen LogP contribution in [0.15, 0.2) is 36.5 Å². The van der Waals surface area contributed by atoms with Gasteiger partial charge in [-0.15, -0.1) is 0 Å². The summed E-state index contributed by atoms with van der Waals surface area (Å²) in [5, 5.41) is 4.19. The van der Waals surface area contributed by atoms with Gasteiger partial charge in [-0.05, 0) is 49.6 Å². The first-order chi connectivity index (χ1) is 17.2. The van der Waals surface area contributed by atoms with Crippen molar-refractivity contribution in [2.24, 2.45) is 0 Å². The van der Waals surface area contributed by atoms with Crippen LogP contribution < -0.4 is 0 Å². The molecule has 0 N–H and O–H groups in total. The lowest BCUT2D eigenvalue weighted by Crippen LogP contribution is -2.54. The number of urea groups is 1. The van der Waals surface area contributed by atoms with E-state index in [9.17, 15) is 27.2 Å². The first kappa shape index (κ1) is 24.0. The minimum atomic E-state index is -4.74. The van der Waals surface area contributed by atoms with Crippen molar-refractivity contribution in [1.29, 1.82) is 0 Å². The van der Waals surface area contributed by atoms with Crippen molar-refractivity contribution in [3.05, 3.63) is 53.6 Å². The van der Waals surface area contributed by atoms with Crippen molar-refractivity contribution in [1.82, 2.24) is 29.3 Å². The molecule has 2 aliphatic heterocycles. The Kier molecular flexibility index (Phi) is 6.27. The molecule has 3 amide bonds. The standard InChI is InChI=1S/C24H24F4N6O2/c25-17-6-4-16(5-7-17)19-14-18(24(26,27)28)21-29-20(15-34(21)30-19)22(35)31-10-12-33(13-11-31)23(36)32-8-2-1-3-9-32/h4-7,14-15H,1-3,8-13H2. The van der Waals surface area contributed by atoms with E-state index in [0.29, 0.717) is 18.7 Å². The van der Waals surface area contributed by atoms with E-state index in [-0.39, 0.29) is 30.5 Å². The van der Waals surface area contributed by atoms with Crippen LogP contribution in [0.25, 0.3) is 16.9 Å². The number of fused-ring (bicyclic) bond motifs is 1. The van der Waals surface area contributed by atoms with Gasteiger partial charge in [0.15, 0.2) is 5.65 Å². The fourth-order valence-electron chi connectivity index (χ4n) is 4.60. The maximum Gasteiger partial charge on any atom is 0.420 e. The fraction of sp³-hybridized carbons (Fsp3) is 0.417. The lowest BCUT2D eigenvalue weighted by molar-refractivity contribution is -0.136. The molecular weight excluding hydrogens is 480 g/mol. The van der Waals surface area contributed by atoms with Crippen molar-refractivity contribution in [2.75, 3.05) is 39.3 Å². The lowest BCUT2D eigenvalue weighted by Gasteiger charge is -2.38. The van der Waals surface area contributed by atoms with E-state index in [2.05, 4.69) is 10.1 Å². The normalized spacial score (nSPS) is 17.1. The van der Waals surface area contributed by atoms with Crippen molar-refractivity contribution < 1.29 is 27.2 Å². The van der Waals surface area contributed by atoms with Crippen LogP contribution in [0.1, 0.15) is 35.3 Å². The number of hydrogen-bond acceptors (Lipinski definition) is 4. The van der Waals surface area contributed by atoms with E-state index >= 15 is 0 Å². The summed E-state index contributed by atoms with van der Waals surface area (Å²) in [5.74, 6) is -1.05. The Labute approximate surface area is 204 Å². The smallest absolute Gasteiger partial charge is 0.334 e. The predicted octanol–water partition coefficient (Wildman–Crippen LogP) is 3.92. The highest BCUT2D eigenvalue weighted by atomic mass is 19.4. The second-order valence-electron chi connectivity index (χ2n) is 8.95. The van der Waals surface area contributed by atoms with Gasteiger partial charge in [0.2, 0.25) is 0 Å². The van der Waals surface area contributed by atoms with Gasteiger partial charge in [0.1, 0.15) is 17.1 Å². The predicted molar refractivity (Wildman–Crippen MR) is 122 cm³/mol. The Balaban J connectivity index is 1.37. The first-order valence-corrected chi connectivity index (χ1v) is 11.8. The number of amides is 3. The summed E-state index contributed by atoms with van der Waals surface area (Å²) in [4.78, 5) is 34.8. The molecule has 36 heavy (non-hydrogen) atoms. The maximum atomic E-state index is 13.8. The van der Waals surface area contributed by atoms with Crippen LogP contribution in [0.3, 0.4) is 0 Å². The van der Waals surface area contributed by atoms with Crippen LogP contribution in [0, 0.1) is 5.82 Å². The van der Waals surface area contributed by atoms with E-state index in [4.69, 9.17) is 0 Å². The van der Waals surface area contributed by atoms with Crippen LogP contribution >= 0.6 is 0 Å². The zero-order valence-electron chi connectivity index (χ0n) is 19.3. The van der Waals surface area contributed by atoms with Gasteiger partial charge in [0.05, 0.1) is 11.9 Å². The number of piperidine rings is 1. The molecule has 1 aromatic carbocycles. The van der Waals surface area contributed by atoms with Crippen LogP contribution in [0.4, 0.5) is 22.4 Å². The van der Waals surface area contributed by atoms with Gasteiger partial charge < -0.3 is 14.7 Å². The second kappa shape index (κ2) is 9.40. The van der Waals surface area contributed by atoms with Crippen LogP contribution in [0.2, 0.25) is 0 Å². The number of likely N-dealkylation sites (tertiary alicyclic amines) is 1. The summed E-state index contributed by atoms with van der Waals surface area (Å²) in [7, 11) is 0. The minimum Gasteiger partial charge on any atom is -0.334 e. The SMILES string of the molecule is O=C(c1cn2nc(-c3ccc(F)cc3)cc(C(F)(F)F)c2n1)N1CCN(C(=O)N2CCCCC2)CC1.